The molecule has 0 spiro atoms. The second kappa shape index (κ2) is 8.19. The minimum Gasteiger partial charge on any atom is -0.444 e. The van der Waals surface area contributed by atoms with Gasteiger partial charge in [0.25, 0.3) is 0 Å². The maximum atomic E-state index is 11.9. The number of carbonyl (C=O) groups is 1. The molecular formula is C18H38N2O3Si. The lowest BCUT2D eigenvalue weighted by atomic mass is 10.1. The molecule has 1 saturated heterocycles. The van der Waals surface area contributed by atoms with Crippen LogP contribution in [-0.4, -0.2) is 57.2 Å². The number of hydrogen-bond donors (Lipinski definition) is 1. The molecule has 6 heteroatoms. The maximum Gasteiger partial charge on any atom is 0.407 e. The fraction of sp³-hybridized carbons (Fsp3) is 0.944. The summed E-state index contributed by atoms with van der Waals surface area (Å²) in [5.74, 6) is 0. The van der Waals surface area contributed by atoms with Gasteiger partial charge in [-0.05, 0) is 58.3 Å². The highest BCUT2D eigenvalue weighted by atomic mass is 28.4. The minimum absolute atomic E-state index is 0.168. The number of piperidine rings is 1. The van der Waals surface area contributed by atoms with Crippen LogP contribution in [0.25, 0.3) is 0 Å². The lowest BCUT2D eigenvalue weighted by Crippen LogP contribution is -2.50. The van der Waals surface area contributed by atoms with Gasteiger partial charge in [-0.25, -0.2) is 4.79 Å². The van der Waals surface area contributed by atoms with Crippen molar-refractivity contribution in [2.24, 2.45) is 0 Å². The second-order valence-corrected chi connectivity index (χ2v) is 14.2. The molecule has 0 saturated carbocycles. The molecule has 0 aromatic heterocycles. The highest BCUT2D eigenvalue weighted by Gasteiger charge is 2.37. The summed E-state index contributed by atoms with van der Waals surface area (Å²) < 4.78 is 11.6. The van der Waals surface area contributed by atoms with Crippen molar-refractivity contribution in [1.29, 1.82) is 0 Å². The van der Waals surface area contributed by atoms with E-state index in [2.05, 4.69) is 44.1 Å². The average Bonchev–Trinajstić information content (AvgIpc) is 2.35. The van der Waals surface area contributed by atoms with Crippen LogP contribution in [0.2, 0.25) is 18.1 Å². The molecule has 1 heterocycles. The predicted octanol–water partition coefficient (Wildman–Crippen LogP) is 4.00. The van der Waals surface area contributed by atoms with Crippen LogP contribution in [0.3, 0.4) is 0 Å². The average molecular weight is 359 g/mol. The van der Waals surface area contributed by atoms with Gasteiger partial charge in [-0.3, -0.25) is 4.90 Å². The van der Waals surface area contributed by atoms with Crippen molar-refractivity contribution in [2.45, 2.75) is 84.2 Å². The van der Waals surface area contributed by atoms with Gasteiger partial charge in [-0.15, -0.1) is 0 Å². The van der Waals surface area contributed by atoms with Crippen molar-refractivity contribution in [3.8, 4) is 0 Å². The first kappa shape index (κ1) is 21.4. The third kappa shape index (κ3) is 7.53. The summed E-state index contributed by atoms with van der Waals surface area (Å²) in [5.41, 5.74) is -0.449. The van der Waals surface area contributed by atoms with E-state index in [1.807, 2.05) is 20.8 Å². The van der Waals surface area contributed by atoms with Crippen LogP contribution in [0.1, 0.15) is 54.4 Å². The molecule has 0 aromatic rings. The number of carbonyl (C=O) groups excluding carboxylic acids is 1. The fourth-order valence-corrected chi connectivity index (χ4v) is 3.53. The molecule has 5 nitrogen and oxygen atoms in total. The Bertz CT molecular complexity index is 413. The Morgan fingerprint density at radius 1 is 1.21 bits per heavy atom. The SMILES string of the molecule is CC(C)(C)OC(=O)N[C@@H]1CCCN(CCO[Si](C)(C)C(C)(C)C)C1. The van der Waals surface area contributed by atoms with E-state index in [1.165, 1.54) is 0 Å². The predicted molar refractivity (Wildman–Crippen MR) is 102 cm³/mol. The number of amides is 1. The molecule has 1 atom stereocenters. The molecule has 0 bridgehead atoms. The molecule has 0 unspecified atom stereocenters. The first-order valence-corrected chi connectivity index (χ1v) is 12.1. The first-order valence-electron chi connectivity index (χ1n) is 9.16. The Labute approximate surface area is 149 Å². The third-order valence-corrected chi connectivity index (χ3v) is 9.44. The third-order valence-electron chi connectivity index (χ3n) is 4.90. The van der Waals surface area contributed by atoms with Gasteiger partial charge >= 0.3 is 6.09 Å². The number of nitrogens with zero attached hydrogens (tertiary/aromatic N) is 1. The van der Waals surface area contributed by atoms with Gasteiger partial charge in [-0.1, -0.05) is 20.8 Å². The van der Waals surface area contributed by atoms with E-state index < -0.39 is 13.9 Å². The number of ether oxygens (including phenoxy) is 1. The van der Waals surface area contributed by atoms with Gasteiger partial charge in [-0.2, -0.15) is 0 Å². The molecule has 1 rings (SSSR count). The highest BCUT2D eigenvalue weighted by molar-refractivity contribution is 6.74. The quantitative estimate of drug-likeness (QED) is 0.755. The van der Waals surface area contributed by atoms with Gasteiger partial charge in [0.05, 0.1) is 0 Å². The molecule has 1 fully saturated rings. The maximum absolute atomic E-state index is 11.9. The highest BCUT2D eigenvalue weighted by Crippen LogP contribution is 2.36. The zero-order valence-electron chi connectivity index (χ0n) is 17.0. The molecule has 1 aliphatic heterocycles. The molecule has 24 heavy (non-hydrogen) atoms. The molecule has 1 N–H and O–H groups in total. The fourth-order valence-electron chi connectivity index (χ4n) is 2.50. The molecule has 142 valence electrons. The first-order chi connectivity index (χ1) is 10.8. The molecule has 0 radical (unpaired) electrons. The van der Waals surface area contributed by atoms with Crippen molar-refractivity contribution in [1.82, 2.24) is 10.2 Å². The largest absolute Gasteiger partial charge is 0.444 e. The Morgan fingerprint density at radius 3 is 2.38 bits per heavy atom. The summed E-state index contributed by atoms with van der Waals surface area (Å²) in [6, 6.07) is 0.168. The van der Waals surface area contributed by atoms with Gasteiger partial charge in [0.1, 0.15) is 5.60 Å². The van der Waals surface area contributed by atoms with Crippen LogP contribution in [0.15, 0.2) is 0 Å². The summed E-state index contributed by atoms with van der Waals surface area (Å²) in [6.07, 6.45) is 1.80. The molecule has 0 aromatic carbocycles. The summed E-state index contributed by atoms with van der Waals surface area (Å²) in [4.78, 5) is 14.3. The molecule has 1 aliphatic rings. The Kier molecular flexibility index (Phi) is 7.32. The number of alkyl carbamates (subject to hydrolysis) is 1. The van der Waals surface area contributed by atoms with Crippen LogP contribution in [0.4, 0.5) is 4.79 Å². The topological polar surface area (TPSA) is 50.8 Å². The van der Waals surface area contributed by atoms with Crippen LogP contribution < -0.4 is 5.32 Å². The van der Waals surface area contributed by atoms with Crippen molar-refractivity contribution in [3.63, 3.8) is 0 Å². The monoisotopic (exact) mass is 358 g/mol. The lowest BCUT2D eigenvalue weighted by molar-refractivity contribution is 0.0468. The number of hydrogen-bond acceptors (Lipinski definition) is 4. The number of rotatable bonds is 5. The van der Waals surface area contributed by atoms with Gasteiger partial charge in [0.15, 0.2) is 8.32 Å². The van der Waals surface area contributed by atoms with Crippen molar-refractivity contribution >= 4 is 14.4 Å². The number of nitrogens with one attached hydrogen (secondary N) is 1. The zero-order chi connectivity index (χ0) is 18.6. The summed E-state index contributed by atoms with van der Waals surface area (Å²) in [7, 11) is -1.68. The molecule has 1 amide bonds. The van der Waals surface area contributed by atoms with Crippen LogP contribution in [-0.2, 0) is 9.16 Å². The minimum atomic E-state index is -1.68. The van der Waals surface area contributed by atoms with E-state index in [9.17, 15) is 4.79 Å². The van der Waals surface area contributed by atoms with E-state index in [4.69, 9.17) is 9.16 Å². The normalized spacial score (nSPS) is 20.8. The lowest BCUT2D eigenvalue weighted by Gasteiger charge is -2.38. The van der Waals surface area contributed by atoms with E-state index >= 15 is 0 Å². The summed E-state index contributed by atoms with van der Waals surface area (Å²) in [5, 5.41) is 3.25. The van der Waals surface area contributed by atoms with Crippen LogP contribution >= 0.6 is 0 Å². The Morgan fingerprint density at radius 2 is 1.83 bits per heavy atom. The van der Waals surface area contributed by atoms with E-state index in [0.29, 0.717) is 0 Å². The van der Waals surface area contributed by atoms with Gasteiger partial charge in [0.2, 0.25) is 0 Å². The van der Waals surface area contributed by atoms with Crippen molar-refractivity contribution in [2.75, 3.05) is 26.2 Å². The Balaban J connectivity index is 2.37. The van der Waals surface area contributed by atoms with Crippen LogP contribution in [0, 0.1) is 0 Å². The van der Waals surface area contributed by atoms with Crippen LogP contribution in [0.5, 0.6) is 0 Å². The molecular weight excluding hydrogens is 320 g/mol. The van der Waals surface area contributed by atoms with E-state index in [-0.39, 0.29) is 17.2 Å². The smallest absolute Gasteiger partial charge is 0.407 e. The van der Waals surface area contributed by atoms with Gasteiger partial charge in [0, 0.05) is 25.7 Å². The van der Waals surface area contributed by atoms with Crippen molar-refractivity contribution < 1.29 is 14.0 Å². The zero-order valence-corrected chi connectivity index (χ0v) is 18.0. The second-order valence-electron chi connectivity index (χ2n) is 9.39. The standard InChI is InChI=1S/C18H38N2O3Si/c1-17(2,3)23-16(21)19-15-10-9-11-20(14-15)12-13-22-24(7,8)18(4,5)6/h15H,9-14H2,1-8H3,(H,19,21)/t15-/m1/s1. The Hall–Kier alpha value is -0.593. The summed E-state index contributed by atoms with van der Waals surface area (Å²) in [6.45, 7) is 20.7. The molecule has 0 aliphatic carbocycles. The van der Waals surface area contributed by atoms with E-state index in [0.717, 1.165) is 39.1 Å². The number of likely N-dealkylation sites (tertiary alicyclic amines) is 1. The van der Waals surface area contributed by atoms with Gasteiger partial charge < -0.3 is 14.5 Å². The summed E-state index contributed by atoms with van der Waals surface area (Å²) >= 11 is 0. The van der Waals surface area contributed by atoms with Crippen molar-refractivity contribution in [3.05, 3.63) is 0 Å². The van der Waals surface area contributed by atoms with E-state index in [1.54, 1.807) is 0 Å².